The highest BCUT2D eigenvalue weighted by atomic mass is 35.5. The van der Waals surface area contributed by atoms with Crippen LogP contribution in [0.2, 0.25) is 10.0 Å². The first-order valence-electron chi connectivity index (χ1n) is 10.6. The number of halogens is 2. The van der Waals surface area contributed by atoms with Crippen LogP contribution in [0, 0.1) is 6.92 Å². The lowest BCUT2D eigenvalue weighted by atomic mass is 9.98. The molecular weight excluding hydrogens is 457 g/mol. The summed E-state index contributed by atoms with van der Waals surface area (Å²) >= 11 is 12.4. The summed E-state index contributed by atoms with van der Waals surface area (Å²) < 4.78 is 11.4. The molecule has 172 valence electrons. The van der Waals surface area contributed by atoms with Gasteiger partial charge in [0.15, 0.2) is 11.5 Å². The maximum Gasteiger partial charge on any atom is 0.248 e. The van der Waals surface area contributed by atoms with Crippen LogP contribution in [-0.2, 0) is 11.4 Å². The van der Waals surface area contributed by atoms with Crippen molar-refractivity contribution in [3.63, 3.8) is 0 Å². The minimum absolute atomic E-state index is 0.196. The van der Waals surface area contributed by atoms with Crippen LogP contribution < -0.4 is 14.8 Å². The number of carbonyl (C=O) groups excluding carboxylic acids is 1. The molecule has 33 heavy (non-hydrogen) atoms. The summed E-state index contributed by atoms with van der Waals surface area (Å²) in [5.41, 5.74) is 4.52. The third-order valence-corrected chi connectivity index (χ3v) is 5.93. The zero-order valence-corrected chi connectivity index (χ0v) is 20.6. The Hall–Kier alpha value is -2.95. The lowest BCUT2D eigenvalue weighted by Crippen LogP contribution is -2.11. The standard InChI is InChI=1S/C27H27Cl2NO3/c1-17(2)20-8-5-7-18(3)27(20)30-26(31)14-12-19-11-13-24(25(15-19)32-4)33-16-21-22(28)9-6-10-23(21)29/h5-15,17H,16H2,1-4H3,(H,30,31). The van der Waals surface area contributed by atoms with Crippen LogP contribution in [0.5, 0.6) is 11.5 Å². The highest BCUT2D eigenvalue weighted by Gasteiger charge is 2.12. The second-order valence-electron chi connectivity index (χ2n) is 7.92. The van der Waals surface area contributed by atoms with Crippen molar-refractivity contribution < 1.29 is 14.3 Å². The number of ether oxygens (including phenoxy) is 2. The van der Waals surface area contributed by atoms with E-state index in [1.165, 1.54) is 6.08 Å². The molecule has 0 heterocycles. The quantitative estimate of drug-likeness (QED) is 0.334. The fourth-order valence-corrected chi connectivity index (χ4v) is 3.91. The number of rotatable bonds is 8. The van der Waals surface area contributed by atoms with Crippen LogP contribution >= 0.6 is 23.2 Å². The molecule has 0 atom stereocenters. The van der Waals surface area contributed by atoms with Crippen LogP contribution in [0.15, 0.2) is 60.7 Å². The molecule has 3 aromatic carbocycles. The van der Waals surface area contributed by atoms with Gasteiger partial charge in [-0.2, -0.15) is 0 Å². The smallest absolute Gasteiger partial charge is 0.248 e. The normalized spacial score (nSPS) is 11.1. The van der Waals surface area contributed by atoms with E-state index in [4.69, 9.17) is 32.7 Å². The molecule has 3 rings (SSSR count). The van der Waals surface area contributed by atoms with Crippen molar-refractivity contribution in [3.8, 4) is 11.5 Å². The number of carbonyl (C=O) groups is 1. The van der Waals surface area contributed by atoms with E-state index in [0.717, 1.165) is 22.4 Å². The van der Waals surface area contributed by atoms with E-state index in [1.807, 2.05) is 31.2 Å². The summed E-state index contributed by atoms with van der Waals surface area (Å²) in [6.45, 7) is 6.41. The van der Waals surface area contributed by atoms with Gasteiger partial charge in [-0.3, -0.25) is 4.79 Å². The number of anilines is 1. The predicted molar refractivity (Wildman–Crippen MR) is 137 cm³/mol. The summed E-state index contributed by atoms with van der Waals surface area (Å²) in [6.07, 6.45) is 3.25. The summed E-state index contributed by atoms with van der Waals surface area (Å²) in [5.74, 6) is 1.21. The molecule has 0 aromatic heterocycles. The molecule has 0 aliphatic rings. The van der Waals surface area contributed by atoms with Crippen LogP contribution in [-0.4, -0.2) is 13.0 Å². The summed E-state index contributed by atoms with van der Waals surface area (Å²) in [5, 5.41) is 4.10. The Morgan fingerprint density at radius 2 is 1.73 bits per heavy atom. The van der Waals surface area contributed by atoms with E-state index in [9.17, 15) is 4.79 Å². The Labute approximate surface area is 205 Å². The van der Waals surface area contributed by atoms with E-state index in [1.54, 1.807) is 43.5 Å². The highest BCUT2D eigenvalue weighted by molar-refractivity contribution is 6.35. The molecule has 4 nitrogen and oxygen atoms in total. The topological polar surface area (TPSA) is 47.6 Å². The molecule has 0 saturated heterocycles. The van der Waals surface area contributed by atoms with E-state index in [2.05, 4.69) is 19.2 Å². The van der Waals surface area contributed by atoms with Crippen molar-refractivity contribution >= 4 is 40.9 Å². The first-order chi connectivity index (χ1) is 15.8. The second-order valence-corrected chi connectivity index (χ2v) is 8.73. The van der Waals surface area contributed by atoms with Crippen molar-refractivity contribution in [1.82, 2.24) is 0 Å². The van der Waals surface area contributed by atoms with E-state index >= 15 is 0 Å². The average Bonchev–Trinajstić information content (AvgIpc) is 2.79. The lowest BCUT2D eigenvalue weighted by molar-refractivity contribution is -0.111. The number of hydrogen-bond donors (Lipinski definition) is 1. The molecule has 1 N–H and O–H groups in total. The molecule has 0 unspecified atom stereocenters. The fourth-order valence-electron chi connectivity index (χ4n) is 3.41. The number of benzene rings is 3. The zero-order valence-electron chi connectivity index (χ0n) is 19.1. The molecule has 6 heteroatoms. The molecule has 0 radical (unpaired) electrons. The van der Waals surface area contributed by atoms with Gasteiger partial charge in [0.1, 0.15) is 6.61 Å². The van der Waals surface area contributed by atoms with Crippen molar-refractivity contribution in [1.29, 1.82) is 0 Å². The molecule has 0 fully saturated rings. The Balaban J connectivity index is 1.71. The van der Waals surface area contributed by atoms with Crippen LogP contribution in [0.4, 0.5) is 5.69 Å². The fraction of sp³-hybridized carbons (Fsp3) is 0.222. The summed E-state index contributed by atoms with van der Waals surface area (Å²) in [6, 6.07) is 16.8. The molecule has 0 saturated carbocycles. The number of hydrogen-bond acceptors (Lipinski definition) is 3. The molecule has 0 aliphatic carbocycles. The minimum atomic E-state index is -0.196. The van der Waals surface area contributed by atoms with Gasteiger partial charge >= 0.3 is 0 Å². The average molecular weight is 484 g/mol. The molecule has 0 bridgehead atoms. The maximum absolute atomic E-state index is 12.6. The van der Waals surface area contributed by atoms with Crippen molar-refractivity contribution in [2.45, 2.75) is 33.3 Å². The van der Waals surface area contributed by atoms with Gasteiger partial charge in [-0.25, -0.2) is 0 Å². The maximum atomic E-state index is 12.6. The van der Waals surface area contributed by atoms with E-state index in [0.29, 0.717) is 33.0 Å². The first-order valence-corrected chi connectivity index (χ1v) is 11.4. The Morgan fingerprint density at radius 3 is 2.39 bits per heavy atom. The molecule has 0 aliphatic heterocycles. The SMILES string of the molecule is COc1cc(C=CC(=O)Nc2c(C)cccc2C(C)C)ccc1OCc1c(Cl)cccc1Cl. The van der Waals surface area contributed by atoms with Crippen molar-refractivity contribution in [3.05, 3.63) is 93.0 Å². The molecule has 0 spiro atoms. The van der Waals surface area contributed by atoms with E-state index in [-0.39, 0.29) is 12.5 Å². The summed E-state index contributed by atoms with van der Waals surface area (Å²) in [4.78, 5) is 12.6. The Kier molecular flexibility index (Phi) is 8.43. The van der Waals surface area contributed by atoms with Gasteiger partial charge in [-0.1, -0.05) is 67.4 Å². The predicted octanol–water partition coefficient (Wildman–Crippen LogP) is 7.66. The Bertz CT molecular complexity index is 1150. The monoisotopic (exact) mass is 483 g/mol. The highest BCUT2D eigenvalue weighted by Crippen LogP contribution is 2.32. The zero-order chi connectivity index (χ0) is 24.0. The van der Waals surface area contributed by atoms with Gasteiger partial charge in [0.25, 0.3) is 0 Å². The van der Waals surface area contributed by atoms with Gasteiger partial charge in [-0.15, -0.1) is 0 Å². The molecule has 3 aromatic rings. The number of nitrogens with one attached hydrogen (secondary N) is 1. The first kappa shape index (κ1) is 24.7. The van der Waals surface area contributed by atoms with Gasteiger partial charge in [-0.05, 0) is 59.9 Å². The van der Waals surface area contributed by atoms with Crippen molar-refractivity contribution in [2.24, 2.45) is 0 Å². The number of para-hydroxylation sites is 1. The molecular formula is C27H27Cl2NO3. The van der Waals surface area contributed by atoms with Crippen LogP contribution in [0.25, 0.3) is 6.08 Å². The van der Waals surface area contributed by atoms with Crippen LogP contribution in [0.3, 0.4) is 0 Å². The van der Waals surface area contributed by atoms with Gasteiger partial charge < -0.3 is 14.8 Å². The number of aryl methyl sites for hydroxylation is 1. The second kappa shape index (κ2) is 11.3. The third-order valence-electron chi connectivity index (χ3n) is 5.22. The minimum Gasteiger partial charge on any atom is -0.493 e. The Morgan fingerprint density at radius 1 is 1.03 bits per heavy atom. The van der Waals surface area contributed by atoms with Crippen molar-refractivity contribution in [2.75, 3.05) is 12.4 Å². The summed E-state index contributed by atoms with van der Waals surface area (Å²) in [7, 11) is 1.57. The number of methoxy groups -OCH3 is 1. The van der Waals surface area contributed by atoms with E-state index < -0.39 is 0 Å². The van der Waals surface area contributed by atoms with Gasteiger partial charge in [0.05, 0.1) is 7.11 Å². The molecule has 1 amide bonds. The largest absolute Gasteiger partial charge is 0.493 e. The van der Waals surface area contributed by atoms with Gasteiger partial charge in [0, 0.05) is 27.4 Å². The van der Waals surface area contributed by atoms with Crippen LogP contribution in [0.1, 0.15) is 42.0 Å². The third kappa shape index (κ3) is 6.31. The van der Waals surface area contributed by atoms with Gasteiger partial charge in [0.2, 0.25) is 5.91 Å². The lowest BCUT2D eigenvalue weighted by Gasteiger charge is -2.15. The number of amides is 1.